The SMILES string of the molecule is COC1(C)CCCN(CCOc2ccc(B(O)O)cc2)C1. The third-order valence-corrected chi connectivity index (χ3v) is 4.09. The van der Waals surface area contributed by atoms with Crippen molar-refractivity contribution in [3.63, 3.8) is 0 Å². The molecule has 1 aromatic carbocycles. The van der Waals surface area contributed by atoms with Crippen LogP contribution >= 0.6 is 0 Å². The number of ether oxygens (including phenoxy) is 2. The fraction of sp³-hybridized carbons (Fsp3) is 0.600. The maximum atomic E-state index is 9.03. The van der Waals surface area contributed by atoms with Crippen LogP contribution in [0.2, 0.25) is 0 Å². The molecule has 1 atom stereocenters. The summed E-state index contributed by atoms with van der Waals surface area (Å²) in [4.78, 5) is 2.36. The first kappa shape index (κ1) is 16.3. The van der Waals surface area contributed by atoms with Gasteiger partial charge in [-0.1, -0.05) is 12.1 Å². The average Bonchev–Trinajstić information content (AvgIpc) is 2.48. The lowest BCUT2D eigenvalue weighted by Gasteiger charge is -2.39. The molecular formula is C15H24BNO4. The van der Waals surface area contributed by atoms with Crippen molar-refractivity contribution in [1.29, 1.82) is 0 Å². The molecule has 1 aromatic rings. The smallest absolute Gasteiger partial charge is 0.488 e. The molecule has 21 heavy (non-hydrogen) atoms. The first-order chi connectivity index (χ1) is 10.0. The second-order valence-corrected chi connectivity index (χ2v) is 5.82. The summed E-state index contributed by atoms with van der Waals surface area (Å²) in [7, 11) is 0.344. The quantitative estimate of drug-likeness (QED) is 0.736. The van der Waals surface area contributed by atoms with Crippen molar-refractivity contribution >= 4 is 12.6 Å². The van der Waals surface area contributed by atoms with E-state index in [9.17, 15) is 0 Å². The second kappa shape index (κ2) is 7.27. The molecule has 0 aromatic heterocycles. The molecule has 1 aliphatic rings. The van der Waals surface area contributed by atoms with E-state index < -0.39 is 7.12 Å². The second-order valence-electron chi connectivity index (χ2n) is 5.82. The lowest BCUT2D eigenvalue weighted by atomic mass is 9.80. The highest BCUT2D eigenvalue weighted by Gasteiger charge is 2.30. The molecule has 1 aliphatic heterocycles. The van der Waals surface area contributed by atoms with Gasteiger partial charge in [0.05, 0.1) is 5.60 Å². The van der Waals surface area contributed by atoms with E-state index in [1.807, 2.05) is 0 Å². The Bertz CT molecular complexity index is 440. The standard InChI is InChI=1S/C15H24BNO4/c1-15(20-2)8-3-9-17(12-15)10-11-21-14-6-4-13(5-7-14)16(18)19/h4-7,18-19H,3,8-12H2,1-2H3. The van der Waals surface area contributed by atoms with Gasteiger partial charge in [-0.05, 0) is 43.9 Å². The van der Waals surface area contributed by atoms with Gasteiger partial charge in [0, 0.05) is 20.2 Å². The molecule has 1 fully saturated rings. The van der Waals surface area contributed by atoms with Gasteiger partial charge in [0.15, 0.2) is 0 Å². The van der Waals surface area contributed by atoms with Gasteiger partial charge in [-0.15, -0.1) is 0 Å². The summed E-state index contributed by atoms with van der Waals surface area (Å²) in [6.45, 7) is 5.64. The minimum Gasteiger partial charge on any atom is -0.492 e. The van der Waals surface area contributed by atoms with Gasteiger partial charge in [0.1, 0.15) is 12.4 Å². The molecule has 0 saturated carbocycles. The van der Waals surface area contributed by atoms with Gasteiger partial charge in [-0.2, -0.15) is 0 Å². The van der Waals surface area contributed by atoms with Crippen molar-refractivity contribution < 1.29 is 19.5 Å². The van der Waals surface area contributed by atoms with E-state index >= 15 is 0 Å². The van der Waals surface area contributed by atoms with Gasteiger partial charge >= 0.3 is 7.12 Å². The summed E-state index contributed by atoms with van der Waals surface area (Å²) >= 11 is 0. The van der Waals surface area contributed by atoms with Gasteiger partial charge in [-0.3, -0.25) is 4.90 Å². The van der Waals surface area contributed by atoms with E-state index in [1.54, 1.807) is 31.4 Å². The number of piperidine rings is 1. The summed E-state index contributed by atoms with van der Waals surface area (Å²) in [5.74, 6) is 0.742. The van der Waals surface area contributed by atoms with E-state index in [2.05, 4.69) is 11.8 Å². The molecule has 0 bridgehead atoms. The van der Waals surface area contributed by atoms with Crippen LogP contribution in [0.3, 0.4) is 0 Å². The van der Waals surface area contributed by atoms with Crippen LogP contribution in [-0.2, 0) is 4.74 Å². The van der Waals surface area contributed by atoms with Crippen LogP contribution in [0.25, 0.3) is 0 Å². The average molecular weight is 293 g/mol. The third-order valence-electron chi connectivity index (χ3n) is 4.09. The largest absolute Gasteiger partial charge is 0.492 e. The Kier molecular flexibility index (Phi) is 5.64. The van der Waals surface area contributed by atoms with Gasteiger partial charge < -0.3 is 19.5 Å². The number of nitrogens with zero attached hydrogens (tertiary/aromatic N) is 1. The highest BCUT2D eigenvalue weighted by molar-refractivity contribution is 6.58. The monoisotopic (exact) mass is 293 g/mol. The van der Waals surface area contributed by atoms with Crippen LogP contribution in [-0.4, -0.2) is 61.0 Å². The summed E-state index contributed by atoms with van der Waals surface area (Å²) < 4.78 is 11.3. The number of rotatable bonds is 6. The van der Waals surface area contributed by atoms with Crippen molar-refractivity contribution in [2.24, 2.45) is 0 Å². The first-order valence-electron chi connectivity index (χ1n) is 7.39. The normalized spacial score (nSPS) is 23.0. The maximum Gasteiger partial charge on any atom is 0.488 e. The van der Waals surface area contributed by atoms with E-state index in [0.717, 1.165) is 38.2 Å². The van der Waals surface area contributed by atoms with Crippen molar-refractivity contribution in [3.8, 4) is 5.75 Å². The van der Waals surface area contributed by atoms with E-state index in [-0.39, 0.29) is 5.60 Å². The Morgan fingerprint density at radius 2 is 2.00 bits per heavy atom. The fourth-order valence-electron chi connectivity index (χ4n) is 2.69. The van der Waals surface area contributed by atoms with Gasteiger partial charge in [0.2, 0.25) is 0 Å². The summed E-state index contributed by atoms with van der Waals surface area (Å²) in [5, 5.41) is 18.1. The van der Waals surface area contributed by atoms with Crippen molar-refractivity contribution in [3.05, 3.63) is 24.3 Å². The maximum absolute atomic E-state index is 9.03. The molecule has 116 valence electrons. The van der Waals surface area contributed by atoms with E-state index in [1.165, 1.54) is 0 Å². The number of hydrogen-bond acceptors (Lipinski definition) is 5. The molecule has 6 heteroatoms. The van der Waals surface area contributed by atoms with Crippen molar-refractivity contribution in [2.75, 3.05) is 33.4 Å². The third kappa shape index (κ3) is 4.71. The van der Waals surface area contributed by atoms with Crippen LogP contribution in [0.5, 0.6) is 5.75 Å². The molecule has 2 N–H and O–H groups in total. The Labute approximate surface area is 126 Å². The Hall–Kier alpha value is -1.08. The number of hydrogen-bond donors (Lipinski definition) is 2. The van der Waals surface area contributed by atoms with E-state index in [4.69, 9.17) is 19.5 Å². The zero-order valence-corrected chi connectivity index (χ0v) is 12.8. The number of methoxy groups -OCH3 is 1. The molecule has 0 aliphatic carbocycles. The zero-order valence-electron chi connectivity index (χ0n) is 12.8. The Morgan fingerprint density at radius 3 is 2.62 bits per heavy atom. The molecule has 1 saturated heterocycles. The fourth-order valence-corrected chi connectivity index (χ4v) is 2.69. The topological polar surface area (TPSA) is 62.2 Å². The molecular weight excluding hydrogens is 269 g/mol. The van der Waals surface area contributed by atoms with Crippen LogP contribution in [0.4, 0.5) is 0 Å². The minimum atomic E-state index is -1.43. The Balaban J connectivity index is 1.76. The highest BCUT2D eigenvalue weighted by Crippen LogP contribution is 2.23. The summed E-state index contributed by atoms with van der Waals surface area (Å²) in [6.07, 6.45) is 2.25. The summed E-state index contributed by atoms with van der Waals surface area (Å²) in [5.41, 5.74) is 0.422. The van der Waals surface area contributed by atoms with Crippen LogP contribution in [0.15, 0.2) is 24.3 Å². The molecule has 1 heterocycles. The molecule has 0 spiro atoms. The van der Waals surface area contributed by atoms with Gasteiger partial charge in [0.25, 0.3) is 0 Å². The highest BCUT2D eigenvalue weighted by atomic mass is 16.5. The number of likely N-dealkylation sites (tertiary alicyclic amines) is 1. The molecule has 0 amide bonds. The lowest BCUT2D eigenvalue weighted by molar-refractivity contribution is -0.0524. The minimum absolute atomic E-state index is 0.0445. The molecule has 0 radical (unpaired) electrons. The predicted octanol–water partition coefficient (Wildman–Crippen LogP) is 0.246. The lowest BCUT2D eigenvalue weighted by Crippen LogP contribution is -2.48. The van der Waals surface area contributed by atoms with E-state index in [0.29, 0.717) is 12.1 Å². The molecule has 1 unspecified atom stereocenters. The van der Waals surface area contributed by atoms with Crippen molar-refractivity contribution in [2.45, 2.75) is 25.4 Å². The van der Waals surface area contributed by atoms with Crippen LogP contribution in [0, 0.1) is 0 Å². The molecule has 2 rings (SSSR count). The number of benzene rings is 1. The van der Waals surface area contributed by atoms with Gasteiger partial charge in [-0.25, -0.2) is 0 Å². The van der Waals surface area contributed by atoms with Crippen molar-refractivity contribution in [1.82, 2.24) is 4.90 Å². The Morgan fingerprint density at radius 1 is 1.29 bits per heavy atom. The van der Waals surface area contributed by atoms with Crippen LogP contribution < -0.4 is 10.2 Å². The summed E-state index contributed by atoms with van der Waals surface area (Å²) in [6, 6.07) is 6.82. The zero-order chi connectivity index (χ0) is 15.3. The van der Waals surface area contributed by atoms with Crippen LogP contribution in [0.1, 0.15) is 19.8 Å². The molecule has 5 nitrogen and oxygen atoms in total. The first-order valence-corrected chi connectivity index (χ1v) is 7.39. The predicted molar refractivity (Wildman–Crippen MR) is 82.9 cm³/mol.